The Balaban J connectivity index is 1.21. The molecule has 0 radical (unpaired) electrons. The van der Waals surface area contributed by atoms with Crippen LogP contribution in [0.3, 0.4) is 0 Å². The molecule has 2 aromatic rings. The summed E-state index contributed by atoms with van der Waals surface area (Å²) in [5, 5.41) is 15.3. The van der Waals surface area contributed by atoms with E-state index >= 15 is 0 Å². The molecule has 1 aromatic carbocycles. The number of aliphatic carboxylic acids is 1. The Morgan fingerprint density at radius 2 is 2.15 bits per heavy atom. The van der Waals surface area contributed by atoms with Crippen LogP contribution in [-0.2, 0) is 4.79 Å². The van der Waals surface area contributed by atoms with E-state index in [4.69, 9.17) is 14.6 Å². The van der Waals surface area contributed by atoms with Gasteiger partial charge < -0.3 is 25.2 Å². The molecule has 0 spiro atoms. The third-order valence-electron chi connectivity index (χ3n) is 4.85. The summed E-state index contributed by atoms with van der Waals surface area (Å²) in [5.74, 6) is 3.08. The number of nitrogens with one attached hydrogen (secondary N) is 2. The van der Waals surface area contributed by atoms with E-state index in [0.29, 0.717) is 25.7 Å². The number of carboxylic acids is 1. The molecule has 1 aromatic heterocycles. The highest BCUT2D eigenvalue weighted by molar-refractivity contribution is 5.68. The first-order valence-corrected chi connectivity index (χ1v) is 9.25. The van der Waals surface area contributed by atoms with Gasteiger partial charge in [-0.15, -0.1) is 0 Å². The van der Waals surface area contributed by atoms with Crippen LogP contribution in [0.1, 0.15) is 24.3 Å². The van der Waals surface area contributed by atoms with Gasteiger partial charge >= 0.3 is 5.97 Å². The maximum absolute atomic E-state index is 10.8. The molecule has 27 heavy (non-hydrogen) atoms. The van der Waals surface area contributed by atoms with Crippen LogP contribution in [0, 0.1) is 5.92 Å². The van der Waals surface area contributed by atoms with Crippen LogP contribution in [0.4, 0.5) is 11.6 Å². The summed E-state index contributed by atoms with van der Waals surface area (Å²) >= 11 is 0. The second kappa shape index (κ2) is 7.73. The van der Waals surface area contributed by atoms with Crippen LogP contribution in [0.2, 0.25) is 0 Å². The average molecular weight is 369 g/mol. The molecule has 3 N–H and O–H groups in total. The monoisotopic (exact) mass is 369 g/mol. The minimum Gasteiger partial charge on any atom is -0.492 e. The molecule has 142 valence electrons. The van der Waals surface area contributed by atoms with Crippen molar-refractivity contribution in [3.63, 3.8) is 0 Å². The minimum atomic E-state index is -0.716. The van der Waals surface area contributed by atoms with Gasteiger partial charge in [-0.1, -0.05) is 12.1 Å². The first-order chi connectivity index (χ1) is 13.2. The maximum Gasteiger partial charge on any atom is 0.303 e. The zero-order valence-electron chi connectivity index (χ0n) is 15.0. The molecule has 1 aliphatic carbocycles. The number of benzene rings is 1. The summed E-state index contributed by atoms with van der Waals surface area (Å²) in [7, 11) is 0. The highest BCUT2D eigenvalue weighted by atomic mass is 16.5. The fourth-order valence-electron chi connectivity index (χ4n) is 3.38. The van der Waals surface area contributed by atoms with Crippen molar-refractivity contribution in [2.75, 3.05) is 36.9 Å². The lowest BCUT2D eigenvalue weighted by Crippen LogP contribution is -2.20. The molecule has 2 heterocycles. The maximum atomic E-state index is 10.8. The third kappa shape index (κ3) is 4.42. The Labute approximate surface area is 157 Å². The molecule has 0 bridgehead atoms. The summed E-state index contributed by atoms with van der Waals surface area (Å²) in [6, 6.07) is 11.8. The van der Waals surface area contributed by atoms with Crippen LogP contribution < -0.4 is 20.1 Å². The lowest BCUT2D eigenvalue weighted by atomic mass is 10.1. The van der Waals surface area contributed by atoms with Crippen LogP contribution in [-0.4, -0.2) is 42.4 Å². The normalized spacial score (nSPS) is 20.0. The van der Waals surface area contributed by atoms with E-state index in [2.05, 4.69) is 15.6 Å². The van der Waals surface area contributed by atoms with Crippen molar-refractivity contribution >= 4 is 17.6 Å². The average Bonchev–Trinajstić information content (AvgIpc) is 3.44. The molecule has 7 nitrogen and oxygen atoms in total. The molecular weight excluding hydrogens is 346 g/mol. The number of hydrogen-bond acceptors (Lipinski definition) is 6. The second-order valence-corrected chi connectivity index (χ2v) is 6.86. The van der Waals surface area contributed by atoms with Gasteiger partial charge in [-0.2, -0.15) is 0 Å². The van der Waals surface area contributed by atoms with Gasteiger partial charge in [-0.05, 0) is 48.1 Å². The SMILES string of the molecule is O=C(O)CC1CC1c1ccc(OCCNc2ccc3c(n2)NCCO3)cc1. The second-order valence-electron chi connectivity index (χ2n) is 6.86. The predicted molar refractivity (Wildman–Crippen MR) is 102 cm³/mol. The molecule has 0 saturated heterocycles. The molecule has 4 rings (SSSR count). The first kappa shape index (κ1) is 17.5. The van der Waals surface area contributed by atoms with Crippen molar-refractivity contribution in [3.05, 3.63) is 42.0 Å². The number of carbonyl (C=O) groups is 1. The Bertz CT molecular complexity index is 809. The van der Waals surface area contributed by atoms with Gasteiger partial charge in [0, 0.05) is 6.42 Å². The summed E-state index contributed by atoms with van der Waals surface area (Å²) in [5.41, 5.74) is 1.19. The molecule has 7 heteroatoms. The van der Waals surface area contributed by atoms with Crippen LogP contribution in [0.15, 0.2) is 36.4 Å². The molecule has 1 saturated carbocycles. The number of aromatic nitrogens is 1. The fourth-order valence-corrected chi connectivity index (χ4v) is 3.38. The van der Waals surface area contributed by atoms with E-state index in [0.717, 1.165) is 36.1 Å². The summed E-state index contributed by atoms with van der Waals surface area (Å²) in [4.78, 5) is 15.2. The Kier molecular flexibility index (Phi) is 5.00. The first-order valence-electron chi connectivity index (χ1n) is 9.25. The van der Waals surface area contributed by atoms with E-state index in [1.807, 2.05) is 36.4 Å². The Morgan fingerprint density at radius 3 is 2.96 bits per heavy atom. The van der Waals surface area contributed by atoms with Gasteiger partial charge in [-0.25, -0.2) is 4.98 Å². The standard InChI is InChI=1S/C20H23N3O4/c24-19(25)12-14-11-16(14)13-1-3-15(4-2-13)26-9-7-21-18-6-5-17-20(23-18)22-8-10-27-17/h1-6,14,16H,7-12H2,(H,24,25)(H2,21,22,23). The number of anilines is 2. The van der Waals surface area contributed by atoms with Gasteiger partial charge in [0.1, 0.15) is 24.8 Å². The highest BCUT2D eigenvalue weighted by Gasteiger charge is 2.39. The fraction of sp³-hybridized carbons (Fsp3) is 0.400. The van der Waals surface area contributed by atoms with Crippen molar-refractivity contribution < 1.29 is 19.4 Å². The van der Waals surface area contributed by atoms with E-state index in [9.17, 15) is 4.79 Å². The van der Waals surface area contributed by atoms with Gasteiger partial charge in [-0.3, -0.25) is 4.79 Å². The number of pyridine rings is 1. The molecule has 0 amide bonds. The van der Waals surface area contributed by atoms with Gasteiger partial charge in [0.15, 0.2) is 11.6 Å². The number of nitrogens with zero attached hydrogens (tertiary/aromatic N) is 1. The van der Waals surface area contributed by atoms with Crippen LogP contribution in [0.5, 0.6) is 11.5 Å². The van der Waals surface area contributed by atoms with E-state index in [1.54, 1.807) is 0 Å². The van der Waals surface area contributed by atoms with Crippen LogP contribution in [0.25, 0.3) is 0 Å². The van der Waals surface area contributed by atoms with Gasteiger partial charge in [0.25, 0.3) is 0 Å². The number of hydrogen-bond donors (Lipinski definition) is 3. The van der Waals surface area contributed by atoms with Crippen molar-refractivity contribution in [1.82, 2.24) is 4.98 Å². The molecular formula is C20H23N3O4. The minimum absolute atomic E-state index is 0.257. The summed E-state index contributed by atoms with van der Waals surface area (Å²) < 4.78 is 11.3. The topological polar surface area (TPSA) is 92.7 Å². The molecule has 2 atom stereocenters. The number of rotatable bonds is 8. The number of fused-ring (bicyclic) bond motifs is 1. The van der Waals surface area contributed by atoms with Crippen molar-refractivity contribution in [1.29, 1.82) is 0 Å². The third-order valence-corrected chi connectivity index (χ3v) is 4.85. The smallest absolute Gasteiger partial charge is 0.303 e. The van der Waals surface area contributed by atoms with Crippen molar-refractivity contribution in [2.24, 2.45) is 5.92 Å². The van der Waals surface area contributed by atoms with Crippen molar-refractivity contribution in [3.8, 4) is 11.5 Å². The zero-order chi connectivity index (χ0) is 18.6. The lowest BCUT2D eigenvalue weighted by molar-refractivity contribution is -0.137. The Morgan fingerprint density at radius 1 is 1.30 bits per heavy atom. The Hall–Kier alpha value is -2.96. The summed E-state index contributed by atoms with van der Waals surface area (Å²) in [6.07, 6.45) is 1.22. The zero-order valence-corrected chi connectivity index (χ0v) is 15.0. The quantitative estimate of drug-likeness (QED) is 0.616. The predicted octanol–water partition coefficient (Wildman–Crippen LogP) is 2.96. The van der Waals surface area contributed by atoms with E-state index < -0.39 is 5.97 Å². The van der Waals surface area contributed by atoms with E-state index in [1.165, 1.54) is 5.56 Å². The molecule has 2 aliphatic rings. The highest BCUT2D eigenvalue weighted by Crippen LogP contribution is 2.49. The molecule has 2 unspecified atom stereocenters. The summed E-state index contributed by atoms with van der Waals surface area (Å²) in [6.45, 7) is 2.58. The van der Waals surface area contributed by atoms with Gasteiger partial charge in [0.2, 0.25) is 0 Å². The van der Waals surface area contributed by atoms with Crippen molar-refractivity contribution in [2.45, 2.75) is 18.8 Å². The lowest BCUT2D eigenvalue weighted by Gasteiger charge is -2.18. The molecule has 1 aliphatic heterocycles. The van der Waals surface area contributed by atoms with Gasteiger partial charge in [0.05, 0.1) is 13.1 Å². The van der Waals surface area contributed by atoms with Crippen LogP contribution >= 0.6 is 0 Å². The number of ether oxygens (including phenoxy) is 2. The number of carboxylic acid groups (broad SMARTS) is 1. The largest absolute Gasteiger partial charge is 0.492 e. The molecule has 1 fully saturated rings. The van der Waals surface area contributed by atoms with E-state index in [-0.39, 0.29) is 12.3 Å².